The van der Waals surface area contributed by atoms with E-state index < -0.39 is 0 Å². The Bertz CT molecular complexity index is 145. The van der Waals surface area contributed by atoms with E-state index in [4.69, 9.17) is 4.74 Å². The van der Waals surface area contributed by atoms with Crippen LogP contribution in [-0.4, -0.2) is 37.1 Å². The molecule has 1 aliphatic rings. The van der Waals surface area contributed by atoms with Crippen molar-refractivity contribution in [2.75, 3.05) is 26.3 Å². The quantitative estimate of drug-likeness (QED) is 0.631. The van der Waals surface area contributed by atoms with E-state index in [0.29, 0.717) is 6.61 Å². The molecule has 1 unspecified atom stereocenters. The first-order chi connectivity index (χ1) is 5.79. The van der Waals surface area contributed by atoms with E-state index in [1.54, 1.807) is 0 Å². The largest absolute Gasteiger partial charge is 0.381 e. The molecule has 0 aromatic carbocycles. The maximum Gasteiger partial charge on any atom is 0.228 e. The molecule has 70 valence electrons. The summed E-state index contributed by atoms with van der Waals surface area (Å²) >= 11 is 0. The summed E-state index contributed by atoms with van der Waals surface area (Å²) in [6.45, 7) is 7.01. The van der Waals surface area contributed by atoms with Crippen molar-refractivity contribution >= 4 is 5.91 Å². The summed E-state index contributed by atoms with van der Waals surface area (Å²) in [6, 6.07) is 0. The molecule has 1 fully saturated rings. The van der Waals surface area contributed by atoms with Crippen LogP contribution in [0.1, 0.15) is 20.3 Å². The van der Waals surface area contributed by atoms with Crippen LogP contribution in [0.2, 0.25) is 0 Å². The smallest absolute Gasteiger partial charge is 0.228 e. The van der Waals surface area contributed by atoms with E-state index in [2.05, 4.69) is 0 Å². The molecule has 1 amide bonds. The number of hydrogen-bond acceptors (Lipinski definition) is 2. The second kappa shape index (κ2) is 4.45. The molecule has 0 aromatic rings. The third-order valence-electron chi connectivity index (χ3n) is 2.35. The van der Waals surface area contributed by atoms with Crippen LogP contribution < -0.4 is 0 Å². The second-order valence-corrected chi connectivity index (χ2v) is 3.07. The van der Waals surface area contributed by atoms with Crippen LogP contribution in [0.5, 0.6) is 0 Å². The summed E-state index contributed by atoms with van der Waals surface area (Å²) in [5.41, 5.74) is 0. The van der Waals surface area contributed by atoms with Gasteiger partial charge in [-0.25, -0.2) is 0 Å². The van der Waals surface area contributed by atoms with Gasteiger partial charge in [0.1, 0.15) is 0 Å². The maximum absolute atomic E-state index is 11.7. The molecule has 0 aromatic heterocycles. The van der Waals surface area contributed by atoms with Crippen LogP contribution in [0, 0.1) is 5.92 Å². The van der Waals surface area contributed by atoms with Gasteiger partial charge >= 0.3 is 0 Å². The Morgan fingerprint density at radius 3 is 2.58 bits per heavy atom. The first-order valence-corrected chi connectivity index (χ1v) is 4.66. The van der Waals surface area contributed by atoms with Gasteiger partial charge in [0, 0.05) is 19.7 Å². The van der Waals surface area contributed by atoms with Crippen LogP contribution in [-0.2, 0) is 9.53 Å². The van der Waals surface area contributed by atoms with Gasteiger partial charge in [-0.1, -0.05) is 0 Å². The predicted octanol–water partition coefficient (Wildman–Crippen LogP) is 0.891. The standard InChI is InChI=1S/C9H17NO2/c1-3-10(4-2)9(11)8-5-6-12-7-8/h8H,3-7H2,1-2H3. The molecule has 3 nitrogen and oxygen atoms in total. The average molecular weight is 171 g/mol. The highest BCUT2D eigenvalue weighted by molar-refractivity contribution is 5.79. The van der Waals surface area contributed by atoms with Gasteiger partial charge in [0.15, 0.2) is 0 Å². The Kier molecular flexibility index (Phi) is 3.53. The van der Waals surface area contributed by atoms with Crippen molar-refractivity contribution in [2.24, 2.45) is 5.92 Å². The van der Waals surface area contributed by atoms with Gasteiger partial charge in [0.25, 0.3) is 0 Å². The van der Waals surface area contributed by atoms with Crippen molar-refractivity contribution in [3.63, 3.8) is 0 Å². The first-order valence-electron chi connectivity index (χ1n) is 4.66. The lowest BCUT2D eigenvalue weighted by atomic mass is 10.1. The Hall–Kier alpha value is -0.570. The molecular formula is C9H17NO2. The van der Waals surface area contributed by atoms with Gasteiger partial charge in [0.05, 0.1) is 12.5 Å². The van der Waals surface area contributed by atoms with Crippen molar-refractivity contribution in [1.29, 1.82) is 0 Å². The zero-order chi connectivity index (χ0) is 8.97. The Labute approximate surface area is 73.7 Å². The van der Waals surface area contributed by atoms with Crippen LogP contribution in [0.25, 0.3) is 0 Å². The number of amides is 1. The summed E-state index contributed by atoms with van der Waals surface area (Å²) in [6.07, 6.45) is 0.898. The van der Waals surface area contributed by atoms with Gasteiger partial charge in [-0.3, -0.25) is 4.79 Å². The predicted molar refractivity (Wildman–Crippen MR) is 46.9 cm³/mol. The molecule has 1 aliphatic heterocycles. The lowest BCUT2D eigenvalue weighted by molar-refractivity contribution is -0.135. The van der Waals surface area contributed by atoms with Crippen molar-refractivity contribution in [3.05, 3.63) is 0 Å². The van der Waals surface area contributed by atoms with Gasteiger partial charge in [-0.05, 0) is 20.3 Å². The SMILES string of the molecule is CCN(CC)C(=O)C1CCOC1. The molecule has 1 rings (SSSR count). The summed E-state index contributed by atoms with van der Waals surface area (Å²) in [4.78, 5) is 13.5. The third kappa shape index (κ3) is 1.97. The van der Waals surface area contributed by atoms with Gasteiger partial charge < -0.3 is 9.64 Å². The van der Waals surface area contributed by atoms with Crippen molar-refractivity contribution in [3.8, 4) is 0 Å². The third-order valence-corrected chi connectivity index (χ3v) is 2.35. The molecule has 1 atom stereocenters. The van der Waals surface area contributed by atoms with E-state index in [1.165, 1.54) is 0 Å². The number of carbonyl (C=O) groups is 1. The number of rotatable bonds is 3. The highest BCUT2D eigenvalue weighted by atomic mass is 16.5. The van der Waals surface area contributed by atoms with Crippen molar-refractivity contribution < 1.29 is 9.53 Å². The molecule has 0 radical (unpaired) electrons. The summed E-state index contributed by atoms with van der Waals surface area (Å²) in [5.74, 6) is 0.391. The molecule has 0 N–H and O–H groups in total. The summed E-state index contributed by atoms with van der Waals surface area (Å²) < 4.78 is 5.17. The number of carbonyl (C=O) groups excluding carboxylic acids is 1. The van der Waals surface area contributed by atoms with Crippen molar-refractivity contribution in [2.45, 2.75) is 20.3 Å². The average Bonchev–Trinajstić information content (AvgIpc) is 2.58. The fourth-order valence-electron chi connectivity index (χ4n) is 1.52. The van der Waals surface area contributed by atoms with E-state index in [9.17, 15) is 4.79 Å². The molecule has 0 bridgehead atoms. The molecule has 0 aliphatic carbocycles. The van der Waals surface area contributed by atoms with Crippen LogP contribution >= 0.6 is 0 Å². The van der Waals surface area contributed by atoms with E-state index in [0.717, 1.165) is 26.1 Å². The van der Waals surface area contributed by atoms with Gasteiger partial charge in [-0.2, -0.15) is 0 Å². The van der Waals surface area contributed by atoms with Crippen molar-refractivity contribution in [1.82, 2.24) is 4.90 Å². The monoisotopic (exact) mass is 171 g/mol. The maximum atomic E-state index is 11.7. The van der Waals surface area contributed by atoms with Gasteiger partial charge in [-0.15, -0.1) is 0 Å². The summed E-state index contributed by atoms with van der Waals surface area (Å²) in [7, 11) is 0. The zero-order valence-electron chi connectivity index (χ0n) is 7.88. The molecule has 3 heteroatoms. The second-order valence-electron chi connectivity index (χ2n) is 3.07. The molecule has 12 heavy (non-hydrogen) atoms. The number of ether oxygens (including phenoxy) is 1. The Morgan fingerprint density at radius 2 is 2.17 bits per heavy atom. The minimum atomic E-state index is 0.130. The number of hydrogen-bond donors (Lipinski definition) is 0. The lowest BCUT2D eigenvalue weighted by Gasteiger charge is -2.21. The lowest BCUT2D eigenvalue weighted by Crippen LogP contribution is -2.36. The summed E-state index contributed by atoms with van der Waals surface area (Å²) in [5, 5.41) is 0. The normalized spacial score (nSPS) is 22.7. The first kappa shape index (κ1) is 9.52. The van der Waals surface area contributed by atoms with Crippen LogP contribution in [0.3, 0.4) is 0 Å². The molecule has 0 spiro atoms. The Morgan fingerprint density at radius 1 is 1.50 bits per heavy atom. The zero-order valence-corrected chi connectivity index (χ0v) is 7.88. The van der Waals surface area contributed by atoms with Crippen LogP contribution in [0.15, 0.2) is 0 Å². The number of nitrogens with zero attached hydrogens (tertiary/aromatic N) is 1. The van der Waals surface area contributed by atoms with Crippen LogP contribution in [0.4, 0.5) is 0 Å². The van der Waals surface area contributed by atoms with E-state index in [1.807, 2.05) is 18.7 Å². The van der Waals surface area contributed by atoms with E-state index in [-0.39, 0.29) is 11.8 Å². The molecule has 0 saturated carbocycles. The molecular weight excluding hydrogens is 154 g/mol. The highest BCUT2D eigenvalue weighted by Crippen LogP contribution is 2.15. The minimum absolute atomic E-state index is 0.130. The fraction of sp³-hybridized carbons (Fsp3) is 0.889. The molecule has 1 heterocycles. The molecule has 1 saturated heterocycles. The highest BCUT2D eigenvalue weighted by Gasteiger charge is 2.26. The Balaban J connectivity index is 2.43. The fourth-order valence-corrected chi connectivity index (χ4v) is 1.52. The minimum Gasteiger partial charge on any atom is -0.381 e. The van der Waals surface area contributed by atoms with E-state index >= 15 is 0 Å². The topological polar surface area (TPSA) is 29.5 Å². The van der Waals surface area contributed by atoms with Gasteiger partial charge in [0.2, 0.25) is 5.91 Å².